The molecule has 1 rings (SSSR count). The molecule has 0 atom stereocenters. The number of amides is 2. The van der Waals surface area contributed by atoms with Crippen molar-refractivity contribution in [1.29, 1.82) is 0 Å². The van der Waals surface area contributed by atoms with E-state index >= 15 is 0 Å². The summed E-state index contributed by atoms with van der Waals surface area (Å²) >= 11 is 0. The lowest BCUT2D eigenvalue weighted by molar-refractivity contribution is -0.145. The van der Waals surface area contributed by atoms with Gasteiger partial charge in [-0.05, 0) is 25.8 Å². The quantitative estimate of drug-likeness (QED) is 0.523. The molecule has 0 unspecified atom stereocenters. The van der Waals surface area contributed by atoms with Crippen molar-refractivity contribution in [3.05, 3.63) is 0 Å². The maximum Gasteiger partial charge on any atom is 0.311 e. The first-order valence-corrected chi connectivity index (χ1v) is 8.06. The van der Waals surface area contributed by atoms with Gasteiger partial charge >= 0.3 is 11.8 Å². The summed E-state index contributed by atoms with van der Waals surface area (Å²) in [6, 6.07) is 0. The summed E-state index contributed by atoms with van der Waals surface area (Å²) in [7, 11) is 0. The van der Waals surface area contributed by atoms with Gasteiger partial charge in [0.05, 0.1) is 13.2 Å². The van der Waals surface area contributed by atoms with Gasteiger partial charge in [-0.1, -0.05) is 13.8 Å². The van der Waals surface area contributed by atoms with Gasteiger partial charge in [-0.25, -0.2) is 0 Å². The molecule has 1 heterocycles. The molecule has 1 saturated heterocycles. The molecule has 21 heavy (non-hydrogen) atoms. The van der Waals surface area contributed by atoms with Crippen molar-refractivity contribution in [2.75, 3.05) is 52.5 Å². The van der Waals surface area contributed by atoms with E-state index < -0.39 is 11.8 Å². The van der Waals surface area contributed by atoms with Gasteiger partial charge in [-0.15, -0.1) is 0 Å². The van der Waals surface area contributed by atoms with Crippen LogP contribution in [0.15, 0.2) is 0 Å². The monoisotopic (exact) mass is 299 g/mol. The molecular weight excluding hydrogens is 270 g/mol. The summed E-state index contributed by atoms with van der Waals surface area (Å²) < 4.78 is 5.29. The Labute approximate surface area is 127 Å². The Balaban J connectivity index is 2.20. The fourth-order valence-corrected chi connectivity index (χ4v) is 2.40. The highest BCUT2D eigenvalue weighted by atomic mass is 16.5. The van der Waals surface area contributed by atoms with Crippen molar-refractivity contribution >= 4 is 11.8 Å². The highest BCUT2D eigenvalue weighted by molar-refractivity contribution is 6.34. The smallest absolute Gasteiger partial charge is 0.311 e. The lowest BCUT2D eigenvalue weighted by atomic mass is 10.3. The van der Waals surface area contributed by atoms with E-state index in [0.29, 0.717) is 19.6 Å². The van der Waals surface area contributed by atoms with Gasteiger partial charge in [0.2, 0.25) is 0 Å². The number of nitrogens with one attached hydrogen (secondary N) is 1. The Morgan fingerprint density at radius 2 is 1.76 bits per heavy atom. The Kier molecular flexibility index (Phi) is 9.01. The molecular formula is C15H29N3O3. The van der Waals surface area contributed by atoms with Crippen LogP contribution in [0.1, 0.15) is 33.1 Å². The van der Waals surface area contributed by atoms with E-state index in [2.05, 4.69) is 10.2 Å². The first-order valence-electron chi connectivity index (χ1n) is 8.06. The minimum absolute atomic E-state index is 0.398. The molecule has 1 fully saturated rings. The Bertz CT molecular complexity index is 311. The van der Waals surface area contributed by atoms with Crippen molar-refractivity contribution in [3.63, 3.8) is 0 Å². The molecule has 0 aromatic rings. The zero-order chi connectivity index (χ0) is 15.5. The highest BCUT2D eigenvalue weighted by Gasteiger charge is 2.20. The molecule has 6 heteroatoms. The van der Waals surface area contributed by atoms with Crippen molar-refractivity contribution in [2.24, 2.45) is 0 Å². The third kappa shape index (κ3) is 6.91. The number of carbonyl (C=O) groups excluding carboxylic acids is 2. The molecule has 2 amide bonds. The lowest BCUT2D eigenvalue weighted by Crippen LogP contribution is -2.44. The predicted molar refractivity (Wildman–Crippen MR) is 82.0 cm³/mol. The summed E-state index contributed by atoms with van der Waals surface area (Å²) in [5.41, 5.74) is 0. The van der Waals surface area contributed by atoms with Crippen LogP contribution in [0.3, 0.4) is 0 Å². The van der Waals surface area contributed by atoms with E-state index in [0.717, 1.165) is 52.1 Å². The number of hydrogen-bond acceptors (Lipinski definition) is 4. The molecule has 6 nitrogen and oxygen atoms in total. The second-order valence-electron chi connectivity index (χ2n) is 5.36. The van der Waals surface area contributed by atoms with Gasteiger partial charge in [0.1, 0.15) is 0 Å². The zero-order valence-corrected chi connectivity index (χ0v) is 13.4. The van der Waals surface area contributed by atoms with Crippen LogP contribution < -0.4 is 5.32 Å². The number of rotatable bonds is 8. The predicted octanol–water partition coefficient (Wildman–Crippen LogP) is 0.474. The fourth-order valence-electron chi connectivity index (χ4n) is 2.40. The molecule has 0 spiro atoms. The molecule has 0 aliphatic carbocycles. The van der Waals surface area contributed by atoms with Gasteiger partial charge in [0.25, 0.3) is 0 Å². The van der Waals surface area contributed by atoms with E-state index in [-0.39, 0.29) is 0 Å². The number of ether oxygens (including phenoxy) is 1. The fraction of sp³-hybridized carbons (Fsp3) is 0.867. The maximum absolute atomic E-state index is 12.0. The lowest BCUT2D eigenvalue weighted by Gasteiger charge is -2.26. The highest BCUT2D eigenvalue weighted by Crippen LogP contribution is 1.98. The second kappa shape index (κ2) is 10.6. The Morgan fingerprint density at radius 3 is 2.33 bits per heavy atom. The minimum Gasteiger partial charge on any atom is -0.379 e. The first kappa shape index (κ1) is 17.9. The van der Waals surface area contributed by atoms with E-state index in [1.807, 2.05) is 13.8 Å². The van der Waals surface area contributed by atoms with Crippen molar-refractivity contribution < 1.29 is 14.3 Å². The summed E-state index contributed by atoms with van der Waals surface area (Å²) in [5.74, 6) is -0.871. The number of nitrogens with zero attached hydrogens (tertiary/aromatic N) is 2. The Morgan fingerprint density at radius 1 is 1.14 bits per heavy atom. The number of hydrogen-bond donors (Lipinski definition) is 1. The first-order chi connectivity index (χ1) is 10.2. The molecule has 122 valence electrons. The zero-order valence-electron chi connectivity index (χ0n) is 13.4. The molecule has 1 aliphatic rings. The van der Waals surface area contributed by atoms with E-state index in [9.17, 15) is 9.59 Å². The largest absolute Gasteiger partial charge is 0.379 e. The molecule has 0 saturated carbocycles. The third-order valence-corrected chi connectivity index (χ3v) is 3.51. The maximum atomic E-state index is 12.0. The van der Waals surface area contributed by atoms with Crippen LogP contribution in [0.2, 0.25) is 0 Å². The minimum atomic E-state index is -0.473. The van der Waals surface area contributed by atoms with Crippen LogP contribution in [-0.2, 0) is 14.3 Å². The van der Waals surface area contributed by atoms with Crippen molar-refractivity contribution in [1.82, 2.24) is 15.1 Å². The topological polar surface area (TPSA) is 61.9 Å². The van der Waals surface area contributed by atoms with Crippen LogP contribution in [0.5, 0.6) is 0 Å². The summed E-state index contributed by atoms with van der Waals surface area (Å²) in [6.07, 6.45) is 2.60. The van der Waals surface area contributed by atoms with Gasteiger partial charge in [-0.3, -0.25) is 14.5 Å². The van der Waals surface area contributed by atoms with Crippen LogP contribution in [0.4, 0.5) is 0 Å². The third-order valence-electron chi connectivity index (χ3n) is 3.51. The second-order valence-corrected chi connectivity index (χ2v) is 5.36. The van der Waals surface area contributed by atoms with E-state index in [1.54, 1.807) is 4.90 Å². The molecule has 1 aliphatic heterocycles. The van der Waals surface area contributed by atoms with Gasteiger partial charge in [-0.2, -0.15) is 0 Å². The van der Waals surface area contributed by atoms with Crippen molar-refractivity contribution in [2.45, 2.75) is 33.1 Å². The van der Waals surface area contributed by atoms with Gasteiger partial charge < -0.3 is 15.0 Å². The molecule has 0 radical (unpaired) electrons. The average Bonchev–Trinajstić information content (AvgIpc) is 2.51. The van der Waals surface area contributed by atoms with Crippen LogP contribution in [0, 0.1) is 0 Å². The number of morpholine rings is 1. The van der Waals surface area contributed by atoms with Crippen LogP contribution in [0.25, 0.3) is 0 Å². The van der Waals surface area contributed by atoms with Crippen LogP contribution in [-0.4, -0.2) is 74.1 Å². The molecule has 0 aromatic heterocycles. The van der Waals surface area contributed by atoms with E-state index in [4.69, 9.17) is 4.74 Å². The standard InChI is InChI=1S/C15H29N3O3/c1-3-7-18(8-4-2)15(20)14(19)16-6-5-9-17-10-12-21-13-11-17/h3-13H2,1-2H3,(H,16,19). The summed E-state index contributed by atoms with van der Waals surface area (Å²) in [6.45, 7) is 10.3. The van der Waals surface area contributed by atoms with E-state index in [1.165, 1.54) is 0 Å². The summed E-state index contributed by atoms with van der Waals surface area (Å²) in [5, 5.41) is 2.73. The molecule has 0 bridgehead atoms. The summed E-state index contributed by atoms with van der Waals surface area (Å²) in [4.78, 5) is 27.8. The molecule has 0 aromatic carbocycles. The average molecular weight is 299 g/mol. The van der Waals surface area contributed by atoms with Gasteiger partial charge in [0, 0.05) is 32.7 Å². The SMILES string of the molecule is CCCN(CCC)C(=O)C(=O)NCCCN1CCOCC1. The number of carbonyl (C=O) groups is 2. The van der Waals surface area contributed by atoms with Gasteiger partial charge in [0.15, 0.2) is 0 Å². The van der Waals surface area contributed by atoms with Crippen molar-refractivity contribution in [3.8, 4) is 0 Å². The van der Waals surface area contributed by atoms with Crippen LogP contribution >= 0.6 is 0 Å². The normalized spacial score (nSPS) is 15.7. The Hall–Kier alpha value is -1.14. The molecule has 1 N–H and O–H groups in total.